The van der Waals surface area contributed by atoms with Gasteiger partial charge in [0.25, 0.3) is 0 Å². The summed E-state index contributed by atoms with van der Waals surface area (Å²) >= 11 is 11.8. The van der Waals surface area contributed by atoms with Crippen LogP contribution in [0.15, 0.2) is 48.5 Å². The van der Waals surface area contributed by atoms with Crippen LogP contribution in [0, 0.1) is 0 Å². The summed E-state index contributed by atoms with van der Waals surface area (Å²) in [5.41, 5.74) is 0. The molecule has 0 N–H and O–H groups in total. The van der Waals surface area contributed by atoms with Crippen molar-refractivity contribution < 1.29 is 0 Å². The summed E-state index contributed by atoms with van der Waals surface area (Å²) in [5, 5.41) is 1.70. The molecule has 0 saturated carbocycles. The van der Waals surface area contributed by atoms with E-state index in [1.807, 2.05) is 24.3 Å². The van der Waals surface area contributed by atoms with E-state index in [2.05, 4.69) is 24.3 Å². The number of rotatable bonds is 3. The predicted octanol–water partition coefficient (Wildman–Crippen LogP) is 2.27. The van der Waals surface area contributed by atoms with Gasteiger partial charge in [-0.15, -0.1) is 0 Å². The molecule has 0 amide bonds. The van der Waals surface area contributed by atoms with Crippen LogP contribution in [-0.4, -0.2) is 34.1 Å². The summed E-state index contributed by atoms with van der Waals surface area (Å²) in [6, 6.07) is 16.5. The van der Waals surface area contributed by atoms with Crippen molar-refractivity contribution in [2.75, 3.05) is 0 Å². The van der Waals surface area contributed by atoms with Crippen LogP contribution in [0.1, 0.15) is 0 Å². The molecule has 2 rings (SSSR count). The Bertz CT molecular complexity index is 440. The molecule has 0 saturated heterocycles. The van der Waals surface area contributed by atoms with Crippen LogP contribution in [0.3, 0.4) is 0 Å². The van der Waals surface area contributed by atoms with Crippen LogP contribution in [0.5, 0.6) is 0 Å². The van der Waals surface area contributed by atoms with Crippen molar-refractivity contribution >= 4 is 64.5 Å². The van der Waals surface area contributed by atoms with Crippen molar-refractivity contribution in [2.24, 2.45) is 0 Å². The zero-order chi connectivity index (χ0) is 11.4. The Hall–Kier alpha value is 0.599. The standard InChI is InChI=1S/C12H8Cl2Te2/c13-9-3-1-5-11(7-9)15-16-12-6-2-4-10(14)8-12/h1-8H. The molecule has 0 aromatic heterocycles. The topological polar surface area (TPSA) is 0 Å². The molecule has 0 radical (unpaired) electrons. The van der Waals surface area contributed by atoms with Gasteiger partial charge in [-0.25, -0.2) is 0 Å². The number of benzene rings is 2. The van der Waals surface area contributed by atoms with Crippen molar-refractivity contribution in [3.63, 3.8) is 0 Å². The second-order valence-electron chi connectivity index (χ2n) is 3.08. The molecule has 0 nitrogen and oxygen atoms in total. The minimum absolute atomic E-state index is 0.0784. The molecule has 2 aromatic carbocycles. The molecule has 0 aliphatic rings. The van der Waals surface area contributed by atoms with Crippen LogP contribution in [0.2, 0.25) is 10.0 Å². The van der Waals surface area contributed by atoms with Gasteiger partial charge < -0.3 is 0 Å². The van der Waals surface area contributed by atoms with E-state index in [4.69, 9.17) is 23.2 Å². The van der Waals surface area contributed by atoms with E-state index >= 15 is 0 Å². The molecule has 4 heteroatoms. The fourth-order valence-electron chi connectivity index (χ4n) is 1.13. The molecule has 0 spiro atoms. The summed E-state index contributed by atoms with van der Waals surface area (Å²) in [7, 11) is 0. The van der Waals surface area contributed by atoms with Gasteiger partial charge in [0.1, 0.15) is 0 Å². The average Bonchev–Trinajstić information content (AvgIpc) is 2.27. The third-order valence-corrected chi connectivity index (χ3v) is 14.0. The normalized spacial score (nSPS) is 10.4. The molecule has 16 heavy (non-hydrogen) atoms. The molecule has 0 bridgehead atoms. The maximum atomic E-state index is 5.97. The summed E-state index contributed by atoms with van der Waals surface area (Å²) < 4.78 is 2.89. The first-order chi connectivity index (χ1) is 7.74. The minimum atomic E-state index is -0.0784. The van der Waals surface area contributed by atoms with Crippen LogP contribution < -0.4 is 7.22 Å². The van der Waals surface area contributed by atoms with Gasteiger partial charge in [0.15, 0.2) is 0 Å². The van der Waals surface area contributed by atoms with Gasteiger partial charge in [0, 0.05) is 0 Å². The Kier molecular flexibility index (Phi) is 5.31. The number of halogens is 2. The third-order valence-electron chi connectivity index (χ3n) is 1.83. The molecule has 82 valence electrons. The quantitative estimate of drug-likeness (QED) is 0.595. The van der Waals surface area contributed by atoms with E-state index < -0.39 is 0 Å². The van der Waals surface area contributed by atoms with Crippen molar-refractivity contribution in [1.82, 2.24) is 0 Å². The van der Waals surface area contributed by atoms with Crippen molar-refractivity contribution in [3.05, 3.63) is 58.6 Å². The molecule has 2 aromatic rings. The molecule has 0 atom stereocenters. The van der Waals surface area contributed by atoms with Crippen molar-refractivity contribution in [2.45, 2.75) is 0 Å². The molecule has 0 aliphatic carbocycles. The Morgan fingerprint density at radius 3 is 1.50 bits per heavy atom. The number of hydrogen-bond donors (Lipinski definition) is 0. The Labute approximate surface area is 122 Å². The van der Waals surface area contributed by atoms with Crippen LogP contribution >= 0.6 is 23.2 Å². The fraction of sp³-hybridized carbons (Fsp3) is 0. The molecular weight excluding hydrogens is 470 g/mol. The average molecular weight is 478 g/mol. The summed E-state index contributed by atoms with van der Waals surface area (Å²) in [4.78, 5) is 0. The SMILES string of the molecule is Clc1cccc([Te][Te]c2cccc(Cl)c2)c1. The second kappa shape index (κ2) is 6.51. The van der Waals surface area contributed by atoms with Gasteiger partial charge >= 0.3 is 123 Å². The van der Waals surface area contributed by atoms with E-state index in [-0.39, 0.29) is 34.1 Å². The van der Waals surface area contributed by atoms with Gasteiger partial charge in [-0.1, -0.05) is 0 Å². The first kappa shape index (κ1) is 13.0. The zero-order valence-electron chi connectivity index (χ0n) is 8.19. The summed E-state index contributed by atoms with van der Waals surface area (Å²) in [6.45, 7) is 0. The Morgan fingerprint density at radius 1 is 0.688 bits per heavy atom. The van der Waals surface area contributed by atoms with Crippen LogP contribution in [0.4, 0.5) is 0 Å². The molecule has 0 fully saturated rings. The van der Waals surface area contributed by atoms with E-state index in [1.54, 1.807) is 0 Å². The summed E-state index contributed by atoms with van der Waals surface area (Å²) in [6.07, 6.45) is 0. The molecule has 0 unspecified atom stereocenters. The Balaban J connectivity index is 2.02. The van der Waals surface area contributed by atoms with Crippen molar-refractivity contribution in [3.8, 4) is 0 Å². The molecule has 0 heterocycles. The van der Waals surface area contributed by atoms with E-state index in [9.17, 15) is 0 Å². The van der Waals surface area contributed by atoms with E-state index in [0.717, 1.165) is 10.0 Å². The van der Waals surface area contributed by atoms with Gasteiger partial charge in [0.2, 0.25) is 0 Å². The number of hydrogen-bond acceptors (Lipinski definition) is 0. The molecular formula is C12H8Cl2Te2. The molecule has 0 aliphatic heterocycles. The third kappa shape index (κ3) is 4.12. The summed E-state index contributed by atoms with van der Waals surface area (Å²) in [5.74, 6) is 0. The van der Waals surface area contributed by atoms with Crippen LogP contribution in [-0.2, 0) is 0 Å². The second-order valence-corrected chi connectivity index (χ2v) is 14.0. The van der Waals surface area contributed by atoms with Gasteiger partial charge in [0.05, 0.1) is 0 Å². The Morgan fingerprint density at radius 2 is 1.12 bits per heavy atom. The van der Waals surface area contributed by atoms with Crippen LogP contribution in [0.25, 0.3) is 0 Å². The zero-order valence-corrected chi connectivity index (χ0v) is 14.4. The first-order valence-corrected chi connectivity index (χ1v) is 15.0. The fourth-order valence-corrected chi connectivity index (χ4v) is 11.9. The van der Waals surface area contributed by atoms with E-state index in [0.29, 0.717) is 0 Å². The van der Waals surface area contributed by atoms with Crippen molar-refractivity contribution in [1.29, 1.82) is 0 Å². The van der Waals surface area contributed by atoms with Gasteiger partial charge in [-0.05, 0) is 0 Å². The maximum absolute atomic E-state index is 5.97. The first-order valence-electron chi connectivity index (χ1n) is 4.60. The van der Waals surface area contributed by atoms with Gasteiger partial charge in [-0.3, -0.25) is 0 Å². The predicted molar refractivity (Wildman–Crippen MR) is 73.7 cm³/mol. The monoisotopic (exact) mass is 482 g/mol. The van der Waals surface area contributed by atoms with Gasteiger partial charge in [-0.2, -0.15) is 0 Å². The van der Waals surface area contributed by atoms with E-state index in [1.165, 1.54) is 7.22 Å².